The second-order valence-corrected chi connectivity index (χ2v) is 5.21. The molecule has 0 aliphatic rings. The van der Waals surface area contributed by atoms with Gasteiger partial charge in [-0.25, -0.2) is 4.98 Å². The molecule has 0 aliphatic heterocycles. The molecule has 0 N–H and O–H groups in total. The molecule has 1 rings (SSSR count). The predicted octanol–water partition coefficient (Wildman–Crippen LogP) is 4.09. The number of aromatic nitrogens is 1. The van der Waals surface area contributed by atoms with Gasteiger partial charge in [0, 0.05) is 24.3 Å². The van der Waals surface area contributed by atoms with Crippen molar-refractivity contribution in [2.45, 2.75) is 46.5 Å². The first-order valence-electron chi connectivity index (χ1n) is 7.02. The lowest BCUT2D eigenvalue weighted by atomic mass is 10.2. The number of carbonyl (C=O) groups excluding carboxylic acids is 1. The Morgan fingerprint density at radius 1 is 1.21 bits per heavy atom. The zero-order chi connectivity index (χ0) is 14.3. The number of amides is 1. The van der Waals surface area contributed by atoms with Crippen LogP contribution in [0, 0.1) is 6.92 Å². The van der Waals surface area contributed by atoms with Crippen LogP contribution in [0.3, 0.4) is 0 Å². The molecule has 1 aromatic heterocycles. The third-order valence-corrected chi connectivity index (χ3v) is 3.21. The number of halogens is 1. The van der Waals surface area contributed by atoms with Crippen molar-refractivity contribution in [3.8, 4) is 0 Å². The standard InChI is InChI=1S/C15H23ClN2O/c1-4-6-8-18(9-7-5-2)15(19)13-10-12(3)17-14(16)11-13/h10-11H,4-9H2,1-3H3. The van der Waals surface area contributed by atoms with Gasteiger partial charge in [0.25, 0.3) is 5.91 Å². The Kier molecular flexibility index (Phi) is 6.85. The molecule has 0 spiro atoms. The highest BCUT2D eigenvalue weighted by Crippen LogP contribution is 2.14. The van der Waals surface area contributed by atoms with Crippen molar-refractivity contribution in [1.82, 2.24) is 9.88 Å². The predicted molar refractivity (Wildman–Crippen MR) is 79.7 cm³/mol. The Morgan fingerprint density at radius 2 is 1.79 bits per heavy atom. The maximum Gasteiger partial charge on any atom is 0.254 e. The average molecular weight is 283 g/mol. The van der Waals surface area contributed by atoms with E-state index in [0.717, 1.165) is 44.5 Å². The zero-order valence-corrected chi connectivity index (χ0v) is 12.8. The number of rotatable bonds is 7. The van der Waals surface area contributed by atoms with E-state index >= 15 is 0 Å². The summed E-state index contributed by atoms with van der Waals surface area (Å²) in [5.41, 5.74) is 1.42. The van der Waals surface area contributed by atoms with Gasteiger partial charge < -0.3 is 4.90 Å². The summed E-state index contributed by atoms with van der Waals surface area (Å²) in [4.78, 5) is 18.5. The van der Waals surface area contributed by atoms with Gasteiger partial charge in [0.2, 0.25) is 0 Å². The second-order valence-electron chi connectivity index (χ2n) is 4.82. The monoisotopic (exact) mass is 282 g/mol. The van der Waals surface area contributed by atoms with Crippen LogP contribution in [-0.4, -0.2) is 28.9 Å². The number of aryl methyl sites for hydroxylation is 1. The molecule has 0 saturated heterocycles. The molecule has 0 bridgehead atoms. The fourth-order valence-corrected chi connectivity index (χ4v) is 2.20. The molecule has 0 radical (unpaired) electrons. The van der Waals surface area contributed by atoms with Crippen LogP contribution in [-0.2, 0) is 0 Å². The molecule has 3 nitrogen and oxygen atoms in total. The normalized spacial score (nSPS) is 10.5. The fourth-order valence-electron chi connectivity index (χ4n) is 1.95. The van der Waals surface area contributed by atoms with E-state index in [1.165, 1.54) is 0 Å². The maximum atomic E-state index is 12.5. The third kappa shape index (κ3) is 5.19. The Balaban J connectivity index is 2.84. The molecule has 106 valence electrons. The Bertz CT molecular complexity index is 392. The number of carbonyl (C=O) groups is 1. The molecule has 0 aromatic carbocycles. The average Bonchev–Trinajstić information content (AvgIpc) is 2.37. The minimum atomic E-state index is 0.0642. The summed E-state index contributed by atoms with van der Waals surface area (Å²) in [6.45, 7) is 7.75. The molecule has 0 atom stereocenters. The number of pyridine rings is 1. The Morgan fingerprint density at radius 3 is 2.26 bits per heavy atom. The van der Waals surface area contributed by atoms with Crippen molar-refractivity contribution < 1.29 is 4.79 Å². The van der Waals surface area contributed by atoms with Gasteiger partial charge >= 0.3 is 0 Å². The van der Waals surface area contributed by atoms with Crippen LogP contribution in [0.2, 0.25) is 5.15 Å². The minimum Gasteiger partial charge on any atom is -0.339 e. The van der Waals surface area contributed by atoms with Crippen molar-refractivity contribution in [1.29, 1.82) is 0 Å². The summed E-state index contributed by atoms with van der Waals surface area (Å²) in [7, 11) is 0. The third-order valence-electron chi connectivity index (χ3n) is 3.02. The minimum absolute atomic E-state index is 0.0642. The van der Waals surface area contributed by atoms with Crippen molar-refractivity contribution in [2.24, 2.45) is 0 Å². The highest BCUT2D eigenvalue weighted by Gasteiger charge is 2.15. The van der Waals surface area contributed by atoms with Gasteiger partial charge in [-0.3, -0.25) is 4.79 Å². The van der Waals surface area contributed by atoms with Crippen LogP contribution >= 0.6 is 11.6 Å². The highest BCUT2D eigenvalue weighted by molar-refractivity contribution is 6.29. The molecule has 0 unspecified atom stereocenters. The summed E-state index contributed by atoms with van der Waals surface area (Å²) in [6.07, 6.45) is 4.25. The molecule has 0 aliphatic carbocycles. The largest absolute Gasteiger partial charge is 0.339 e. The molecule has 0 fully saturated rings. The molecule has 19 heavy (non-hydrogen) atoms. The van der Waals surface area contributed by atoms with E-state index < -0.39 is 0 Å². The van der Waals surface area contributed by atoms with E-state index in [-0.39, 0.29) is 5.91 Å². The number of unbranched alkanes of at least 4 members (excludes halogenated alkanes) is 2. The van der Waals surface area contributed by atoms with Gasteiger partial charge in [0.15, 0.2) is 0 Å². The lowest BCUT2D eigenvalue weighted by Crippen LogP contribution is -2.33. The topological polar surface area (TPSA) is 33.2 Å². The van der Waals surface area contributed by atoms with Gasteiger partial charge in [-0.15, -0.1) is 0 Å². The smallest absolute Gasteiger partial charge is 0.254 e. The molecule has 4 heteroatoms. The fraction of sp³-hybridized carbons (Fsp3) is 0.600. The number of hydrogen-bond acceptors (Lipinski definition) is 2. The van der Waals surface area contributed by atoms with E-state index in [1.54, 1.807) is 12.1 Å². The second kappa shape index (κ2) is 8.16. The SMILES string of the molecule is CCCCN(CCCC)C(=O)c1cc(C)nc(Cl)c1. The van der Waals surface area contributed by atoms with Crippen LogP contribution in [0.5, 0.6) is 0 Å². The van der Waals surface area contributed by atoms with Gasteiger partial charge in [0.05, 0.1) is 0 Å². The van der Waals surface area contributed by atoms with Crippen LogP contribution in [0.4, 0.5) is 0 Å². The first kappa shape index (κ1) is 16.0. The lowest BCUT2D eigenvalue weighted by Gasteiger charge is -2.22. The van der Waals surface area contributed by atoms with E-state index in [0.29, 0.717) is 10.7 Å². The van der Waals surface area contributed by atoms with Crippen molar-refractivity contribution in [3.63, 3.8) is 0 Å². The van der Waals surface area contributed by atoms with E-state index in [9.17, 15) is 4.79 Å². The highest BCUT2D eigenvalue weighted by atomic mass is 35.5. The number of nitrogens with zero attached hydrogens (tertiary/aromatic N) is 2. The number of hydrogen-bond donors (Lipinski definition) is 0. The summed E-state index contributed by atoms with van der Waals surface area (Å²) in [5, 5.41) is 0.384. The molecule has 1 aromatic rings. The summed E-state index contributed by atoms with van der Waals surface area (Å²) in [6, 6.07) is 3.46. The Hall–Kier alpha value is -1.09. The molecule has 1 heterocycles. The quantitative estimate of drug-likeness (QED) is 0.706. The van der Waals surface area contributed by atoms with Gasteiger partial charge in [-0.2, -0.15) is 0 Å². The molecular formula is C15H23ClN2O. The first-order valence-corrected chi connectivity index (χ1v) is 7.39. The van der Waals surface area contributed by atoms with Gasteiger partial charge in [-0.05, 0) is 31.9 Å². The van der Waals surface area contributed by atoms with E-state index in [1.807, 2.05) is 11.8 Å². The molecular weight excluding hydrogens is 260 g/mol. The summed E-state index contributed by atoms with van der Waals surface area (Å²) < 4.78 is 0. The molecule has 0 saturated carbocycles. The van der Waals surface area contributed by atoms with Crippen LogP contribution < -0.4 is 0 Å². The van der Waals surface area contributed by atoms with Crippen LogP contribution in [0.15, 0.2) is 12.1 Å². The van der Waals surface area contributed by atoms with E-state index in [4.69, 9.17) is 11.6 Å². The maximum absolute atomic E-state index is 12.5. The van der Waals surface area contributed by atoms with Crippen LogP contribution in [0.1, 0.15) is 55.6 Å². The van der Waals surface area contributed by atoms with Crippen molar-refractivity contribution in [3.05, 3.63) is 28.5 Å². The zero-order valence-electron chi connectivity index (χ0n) is 12.1. The van der Waals surface area contributed by atoms with E-state index in [2.05, 4.69) is 18.8 Å². The van der Waals surface area contributed by atoms with Crippen molar-refractivity contribution >= 4 is 17.5 Å². The van der Waals surface area contributed by atoms with Crippen molar-refractivity contribution in [2.75, 3.05) is 13.1 Å². The molecule has 1 amide bonds. The van der Waals surface area contributed by atoms with Crippen LogP contribution in [0.25, 0.3) is 0 Å². The Labute approximate surface area is 121 Å². The summed E-state index contributed by atoms with van der Waals surface area (Å²) >= 11 is 5.93. The van der Waals surface area contributed by atoms with Gasteiger partial charge in [0.1, 0.15) is 5.15 Å². The lowest BCUT2D eigenvalue weighted by molar-refractivity contribution is 0.0751. The summed E-state index contributed by atoms with van der Waals surface area (Å²) in [5.74, 6) is 0.0642. The van der Waals surface area contributed by atoms with Gasteiger partial charge in [-0.1, -0.05) is 38.3 Å². The first-order chi connectivity index (χ1) is 9.08.